The van der Waals surface area contributed by atoms with Gasteiger partial charge in [-0.05, 0) is 42.9 Å². The van der Waals surface area contributed by atoms with Crippen LogP contribution in [0.25, 0.3) is 0 Å². The highest BCUT2D eigenvalue weighted by molar-refractivity contribution is 5.15. The predicted molar refractivity (Wildman–Crippen MR) is 66.9 cm³/mol. The lowest BCUT2D eigenvalue weighted by Crippen LogP contribution is -1.82. The molecule has 0 aliphatic rings. The molecular formula is C15H20. The molecule has 0 bridgehead atoms. The Kier molecular flexibility index (Phi) is 4.85. The van der Waals surface area contributed by atoms with Crippen molar-refractivity contribution in [3.05, 3.63) is 53.8 Å². The van der Waals surface area contributed by atoms with Crippen LogP contribution in [0.4, 0.5) is 0 Å². The van der Waals surface area contributed by atoms with Gasteiger partial charge in [0.25, 0.3) is 0 Å². The summed E-state index contributed by atoms with van der Waals surface area (Å²) in [5, 5.41) is 0. The molecular weight excluding hydrogens is 180 g/mol. The summed E-state index contributed by atoms with van der Waals surface area (Å²) < 4.78 is 7.74. The van der Waals surface area contributed by atoms with E-state index in [9.17, 15) is 0 Å². The molecule has 80 valence electrons. The van der Waals surface area contributed by atoms with E-state index in [1.807, 2.05) is 12.1 Å². The monoisotopic (exact) mass is 201 g/mol. The SMILES string of the molecule is [2H]C(=C=CCCc1ccccc1)C(C)CC. The van der Waals surface area contributed by atoms with Crippen molar-refractivity contribution < 1.29 is 1.37 Å². The molecule has 1 atom stereocenters. The first-order valence-electron chi connectivity index (χ1n) is 6.19. The molecule has 0 aliphatic heterocycles. The Morgan fingerprint density at radius 2 is 2.13 bits per heavy atom. The molecule has 0 heterocycles. The van der Waals surface area contributed by atoms with Crippen LogP contribution in [0.3, 0.4) is 0 Å². The van der Waals surface area contributed by atoms with Crippen LogP contribution in [0.15, 0.2) is 48.2 Å². The summed E-state index contributed by atoms with van der Waals surface area (Å²) in [4.78, 5) is 0. The van der Waals surface area contributed by atoms with Gasteiger partial charge in [-0.25, -0.2) is 0 Å². The van der Waals surface area contributed by atoms with Crippen molar-refractivity contribution in [2.24, 2.45) is 5.92 Å². The van der Waals surface area contributed by atoms with Crippen molar-refractivity contribution in [2.75, 3.05) is 0 Å². The van der Waals surface area contributed by atoms with Crippen LogP contribution in [-0.4, -0.2) is 0 Å². The second-order valence-corrected chi connectivity index (χ2v) is 3.83. The van der Waals surface area contributed by atoms with Gasteiger partial charge in [-0.3, -0.25) is 0 Å². The molecule has 0 saturated heterocycles. The molecule has 0 aromatic heterocycles. The van der Waals surface area contributed by atoms with Crippen molar-refractivity contribution in [1.82, 2.24) is 0 Å². The normalized spacial score (nSPS) is 12.5. The Morgan fingerprint density at radius 1 is 1.40 bits per heavy atom. The van der Waals surface area contributed by atoms with Crippen LogP contribution in [0.5, 0.6) is 0 Å². The van der Waals surface area contributed by atoms with E-state index in [2.05, 4.69) is 43.8 Å². The number of allylic oxidation sites excluding steroid dienone is 1. The smallest absolute Gasteiger partial charge is 0.0669 e. The van der Waals surface area contributed by atoms with Gasteiger partial charge in [0, 0.05) is 0 Å². The van der Waals surface area contributed by atoms with Gasteiger partial charge in [-0.1, -0.05) is 44.2 Å². The lowest BCUT2D eigenvalue weighted by Gasteiger charge is -1.96. The van der Waals surface area contributed by atoms with Crippen LogP contribution >= 0.6 is 0 Å². The van der Waals surface area contributed by atoms with E-state index < -0.39 is 0 Å². The Bertz CT molecular complexity index is 358. The zero-order valence-corrected chi connectivity index (χ0v) is 9.66. The first kappa shape index (κ1) is 10.3. The molecule has 1 aromatic rings. The number of benzene rings is 1. The van der Waals surface area contributed by atoms with E-state index >= 15 is 0 Å². The number of aryl methyl sites for hydroxylation is 1. The Hall–Kier alpha value is -1.26. The third-order valence-corrected chi connectivity index (χ3v) is 2.46. The van der Waals surface area contributed by atoms with Crippen molar-refractivity contribution in [3.63, 3.8) is 0 Å². The predicted octanol–water partition coefficient (Wildman–Crippen LogP) is 4.38. The second kappa shape index (κ2) is 7.09. The first-order chi connectivity index (χ1) is 7.74. The maximum atomic E-state index is 7.74. The lowest BCUT2D eigenvalue weighted by molar-refractivity contribution is 0.699. The third-order valence-electron chi connectivity index (χ3n) is 2.46. The number of rotatable bonds is 5. The van der Waals surface area contributed by atoms with Crippen molar-refractivity contribution in [3.8, 4) is 0 Å². The van der Waals surface area contributed by atoms with Gasteiger partial charge < -0.3 is 0 Å². The molecule has 0 saturated carbocycles. The van der Waals surface area contributed by atoms with Gasteiger partial charge >= 0.3 is 0 Å². The van der Waals surface area contributed by atoms with E-state index in [0.717, 1.165) is 19.3 Å². The van der Waals surface area contributed by atoms with Crippen molar-refractivity contribution >= 4 is 0 Å². The molecule has 1 rings (SSSR count). The topological polar surface area (TPSA) is 0 Å². The molecule has 0 fully saturated rings. The number of hydrogen-bond acceptors (Lipinski definition) is 0. The van der Waals surface area contributed by atoms with Crippen LogP contribution in [0, 0.1) is 5.92 Å². The minimum absolute atomic E-state index is 0.327. The summed E-state index contributed by atoms with van der Waals surface area (Å²) in [6, 6.07) is 11.0. The molecule has 0 amide bonds. The highest BCUT2D eigenvalue weighted by Crippen LogP contribution is 2.03. The quantitative estimate of drug-likeness (QED) is 0.620. The van der Waals surface area contributed by atoms with E-state index in [0.29, 0.717) is 12.0 Å². The maximum Gasteiger partial charge on any atom is 0.0669 e. The van der Waals surface area contributed by atoms with Gasteiger partial charge in [0.2, 0.25) is 0 Å². The Morgan fingerprint density at radius 3 is 2.80 bits per heavy atom. The van der Waals surface area contributed by atoms with Gasteiger partial charge in [-0.15, -0.1) is 5.73 Å². The summed E-state index contributed by atoms with van der Waals surface area (Å²) in [7, 11) is 0. The molecule has 0 radical (unpaired) electrons. The maximum absolute atomic E-state index is 7.74. The van der Waals surface area contributed by atoms with Crippen molar-refractivity contribution in [2.45, 2.75) is 33.1 Å². The molecule has 0 N–H and O–H groups in total. The largest absolute Gasteiger partial charge is 0.129 e. The average molecular weight is 201 g/mol. The zero-order valence-electron chi connectivity index (χ0n) is 10.7. The van der Waals surface area contributed by atoms with Crippen LogP contribution in [0.2, 0.25) is 0 Å². The second-order valence-electron chi connectivity index (χ2n) is 3.83. The molecule has 1 unspecified atom stereocenters. The summed E-state index contributed by atoms with van der Waals surface area (Å²) in [6.45, 7) is 4.17. The Balaban J connectivity index is 2.43. The zero-order chi connectivity index (χ0) is 11.8. The van der Waals surface area contributed by atoms with Gasteiger partial charge in [0.1, 0.15) is 0 Å². The summed E-state index contributed by atoms with van der Waals surface area (Å²) in [6.07, 6.45) is 4.99. The van der Waals surface area contributed by atoms with E-state index in [-0.39, 0.29) is 0 Å². The molecule has 0 heteroatoms. The van der Waals surface area contributed by atoms with E-state index in [1.54, 1.807) is 0 Å². The van der Waals surface area contributed by atoms with Gasteiger partial charge in [0.05, 0.1) is 1.37 Å². The van der Waals surface area contributed by atoms with E-state index in [1.165, 1.54) is 5.56 Å². The lowest BCUT2D eigenvalue weighted by atomic mass is 10.1. The summed E-state index contributed by atoms with van der Waals surface area (Å²) >= 11 is 0. The Labute approximate surface area is 94.7 Å². The van der Waals surface area contributed by atoms with Crippen LogP contribution in [-0.2, 0) is 6.42 Å². The van der Waals surface area contributed by atoms with Gasteiger partial charge in [-0.2, -0.15) is 0 Å². The first-order valence-corrected chi connectivity index (χ1v) is 5.69. The summed E-state index contributed by atoms with van der Waals surface area (Å²) in [5.41, 5.74) is 4.41. The van der Waals surface area contributed by atoms with Gasteiger partial charge in [0.15, 0.2) is 0 Å². The molecule has 15 heavy (non-hydrogen) atoms. The molecule has 0 nitrogen and oxygen atoms in total. The highest BCUT2D eigenvalue weighted by Gasteiger charge is 1.89. The fraction of sp³-hybridized carbons (Fsp3) is 0.400. The van der Waals surface area contributed by atoms with Crippen LogP contribution < -0.4 is 0 Å². The highest BCUT2D eigenvalue weighted by atomic mass is 13.9. The average Bonchev–Trinajstić information content (AvgIpc) is 2.34. The van der Waals surface area contributed by atoms with Crippen LogP contribution in [0.1, 0.15) is 33.6 Å². The number of hydrogen-bond donors (Lipinski definition) is 0. The molecule has 0 spiro atoms. The summed E-state index contributed by atoms with van der Waals surface area (Å²) in [5.74, 6) is 0.327. The standard InChI is InChI=1S/C15H20/c1-3-14(2)10-6-4-7-11-15-12-8-5-9-13-15/h4-5,8-10,12-14H,3,7,11H2,1-2H3/i10D. The van der Waals surface area contributed by atoms with Crippen molar-refractivity contribution in [1.29, 1.82) is 0 Å². The minimum atomic E-state index is 0.327. The fourth-order valence-corrected chi connectivity index (χ4v) is 1.26. The fourth-order valence-electron chi connectivity index (χ4n) is 1.26. The minimum Gasteiger partial charge on any atom is -0.129 e. The van der Waals surface area contributed by atoms with E-state index in [4.69, 9.17) is 1.37 Å². The third kappa shape index (κ3) is 5.24. The molecule has 0 aliphatic carbocycles. The molecule has 1 aromatic carbocycles.